The van der Waals surface area contributed by atoms with Gasteiger partial charge in [0.05, 0.1) is 18.6 Å². The molecule has 0 amide bonds. The molecule has 10 heteroatoms. The molecular formula is C13H15N5O5. The Kier molecular flexibility index (Phi) is 5.00. The van der Waals surface area contributed by atoms with E-state index in [1.807, 2.05) is 9.97 Å². The minimum atomic E-state index is -1.06. The fourth-order valence-corrected chi connectivity index (χ4v) is 3.24. The maximum absolute atomic E-state index is 12.1. The average molecular weight is 321 g/mol. The molecule has 122 valence electrons. The Morgan fingerprint density at radius 3 is 2.39 bits per heavy atom. The SMILES string of the molecule is O=C=NCC1CCCC(CN=C=O)(n2c(=O)[nH]c(=O)[nH]c2=O)C1. The van der Waals surface area contributed by atoms with Crippen molar-refractivity contribution in [3.8, 4) is 0 Å². The first kappa shape index (κ1) is 16.5. The summed E-state index contributed by atoms with van der Waals surface area (Å²) in [6.45, 7) is 0.0961. The Morgan fingerprint density at radius 1 is 1.13 bits per heavy atom. The zero-order valence-corrected chi connectivity index (χ0v) is 12.2. The molecule has 1 aromatic rings. The van der Waals surface area contributed by atoms with Gasteiger partial charge in [0, 0.05) is 0 Å². The molecule has 0 radical (unpaired) electrons. The third-order valence-corrected chi connectivity index (χ3v) is 4.10. The lowest BCUT2D eigenvalue weighted by Crippen LogP contribution is -2.56. The van der Waals surface area contributed by atoms with Gasteiger partial charge in [0.25, 0.3) is 0 Å². The van der Waals surface area contributed by atoms with Gasteiger partial charge in [0.2, 0.25) is 12.2 Å². The van der Waals surface area contributed by atoms with E-state index in [0.29, 0.717) is 19.3 Å². The van der Waals surface area contributed by atoms with Gasteiger partial charge in [-0.25, -0.2) is 38.5 Å². The van der Waals surface area contributed by atoms with Gasteiger partial charge in [-0.15, -0.1) is 0 Å². The summed E-state index contributed by atoms with van der Waals surface area (Å²) in [5.74, 6) is -0.0646. The lowest BCUT2D eigenvalue weighted by atomic mass is 9.75. The first-order chi connectivity index (χ1) is 11.0. The van der Waals surface area contributed by atoms with E-state index in [0.717, 1.165) is 11.0 Å². The van der Waals surface area contributed by atoms with Crippen LogP contribution in [0.2, 0.25) is 0 Å². The minimum absolute atomic E-state index is 0.0646. The second-order valence-electron chi connectivity index (χ2n) is 5.55. The van der Waals surface area contributed by atoms with Crippen LogP contribution in [0.3, 0.4) is 0 Å². The van der Waals surface area contributed by atoms with Crippen molar-refractivity contribution in [2.45, 2.75) is 31.2 Å². The molecule has 1 aromatic heterocycles. The Labute approximate surface area is 129 Å². The van der Waals surface area contributed by atoms with Gasteiger partial charge in [-0.05, 0) is 25.2 Å². The highest BCUT2D eigenvalue weighted by atomic mass is 16.2. The molecule has 10 nitrogen and oxygen atoms in total. The van der Waals surface area contributed by atoms with Crippen LogP contribution in [-0.4, -0.2) is 39.8 Å². The number of nitrogens with zero attached hydrogens (tertiary/aromatic N) is 3. The van der Waals surface area contributed by atoms with Crippen LogP contribution in [0.15, 0.2) is 24.4 Å². The number of isocyanates is 2. The highest BCUT2D eigenvalue weighted by molar-refractivity contribution is 5.33. The molecule has 2 rings (SSSR count). The number of carbonyl (C=O) groups excluding carboxylic acids is 2. The molecule has 2 N–H and O–H groups in total. The Morgan fingerprint density at radius 2 is 1.78 bits per heavy atom. The first-order valence-electron chi connectivity index (χ1n) is 7.06. The number of aliphatic imine (C=N–C) groups is 2. The van der Waals surface area contributed by atoms with Crippen LogP contribution in [0.25, 0.3) is 0 Å². The molecule has 1 fully saturated rings. The van der Waals surface area contributed by atoms with Crippen molar-refractivity contribution in [1.82, 2.24) is 14.5 Å². The van der Waals surface area contributed by atoms with Gasteiger partial charge < -0.3 is 0 Å². The van der Waals surface area contributed by atoms with Crippen LogP contribution in [-0.2, 0) is 15.1 Å². The minimum Gasteiger partial charge on any atom is -0.259 e. The molecule has 1 saturated carbocycles. The van der Waals surface area contributed by atoms with E-state index in [9.17, 15) is 24.0 Å². The molecule has 0 saturated heterocycles. The van der Waals surface area contributed by atoms with Crippen LogP contribution < -0.4 is 17.1 Å². The van der Waals surface area contributed by atoms with Gasteiger partial charge in [-0.2, -0.15) is 0 Å². The Hall–Kier alpha value is -2.83. The maximum Gasteiger partial charge on any atom is 0.334 e. The van der Waals surface area contributed by atoms with Gasteiger partial charge in [-0.3, -0.25) is 9.97 Å². The Balaban J connectivity index is 2.54. The lowest BCUT2D eigenvalue weighted by molar-refractivity contribution is 0.143. The van der Waals surface area contributed by atoms with Crippen LogP contribution in [0, 0.1) is 5.92 Å². The van der Waals surface area contributed by atoms with Crippen LogP contribution in [0.1, 0.15) is 25.7 Å². The first-order valence-corrected chi connectivity index (χ1v) is 7.06. The van der Waals surface area contributed by atoms with Crippen molar-refractivity contribution < 1.29 is 9.59 Å². The second kappa shape index (κ2) is 6.95. The van der Waals surface area contributed by atoms with Crippen molar-refractivity contribution in [3.63, 3.8) is 0 Å². The van der Waals surface area contributed by atoms with Crippen molar-refractivity contribution >= 4 is 12.2 Å². The second-order valence-corrected chi connectivity index (χ2v) is 5.55. The molecule has 0 aliphatic heterocycles. The molecule has 2 unspecified atom stereocenters. The molecule has 2 atom stereocenters. The van der Waals surface area contributed by atoms with Gasteiger partial charge in [0.1, 0.15) is 0 Å². The highest BCUT2D eigenvalue weighted by Gasteiger charge is 2.40. The molecule has 1 aliphatic carbocycles. The van der Waals surface area contributed by atoms with Gasteiger partial charge in [-0.1, -0.05) is 6.42 Å². The standard InChI is InChI=1S/C13H15N5O5/c19-7-14-5-9-2-1-3-13(4-9,6-15-8-20)18-11(22)16-10(21)17-12(18)23/h9H,1-6H2,(H2,16,17,21,22,23). The predicted octanol–water partition coefficient (Wildman–Crippen LogP) is -1.22. The fourth-order valence-electron chi connectivity index (χ4n) is 3.24. The monoisotopic (exact) mass is 321 g/mol. The number of nitrogens with one attached hydrogen (secondary N) is 2. The van der Waals surface area contributed by atoms with Crippen LogP contribution >= 0.6 is 0 Å². The zero-order valence-electron chi connectivity index (χ0n) is 12.2. The molecule has 0 spiro atoms. The predicted molar refractivity (Wildman–Crippen MR) is 77.9 cm³/mol. The summed E-state index contributed by atoms with van der Waals surface area (Å²) in [5, 5.41) is 0. The summed E-state index contributed by atoms with van der Waals surface area (Å²) in [4.78, 5) is 67.3. The van der Waals surface area contributed by atoms with E-state index in [1.165, 1.54) is 12.2 Å². The van der Waals surface area contributed by atoms with Crippen molar-refractivity contribution in [2.75, 3.05) is 13.1 Å². The van der Waals surface area contributed by atoms with Crippen LogP contribution in [0.5, 0.6) is 0 Å². The van der Waals surface area contributed by atoms with E-state index >= 15 is 0 Å². The summed E-state index contributed by atoms with van der Waals surface area (Å²) < 4.78 is 0.895. The van der Waals surface area contributed by atoms with Gasteiger partial charge >= 0.3 is 17.1 Å². The molecule has 0 aromatic carbocycles. The maximum atomic E-state index is 12.1. The zero-order chi connectivity index (χ0) is 16.9. The smallest absolute Gasteiger partial charge is 0.259 e. The number of hydrogen-bond acceptors (Lipinski definition) is 7. The fraction of sp³-hybridized carbons (Fsp3) is 0.615. The van der Waals surface area contributed by atoms with E-state index in [1.54, 1.807) is 0 Å². The van der Waals surface area contributed by atoms with E-state index in [2.05, 4.69) is 9.98 Å². The number of hydrogen-bond donors (Lipinski definition) is 2. The summed E-state index contributed by atoms with van der Waals surface area (Å²) >= 11 is 0. The van der Waals surface area contributed by atoms with E-state index < -0.39 is 22.6 Å². The summed E-state index contributed by atoms with van der Waals surface area (Å²) in [5.41, 5.74) is -3.69. The Bertz CT molecular complexity index is 805. The molecule has 1 aliphatic rings. The van der Waals surface area contributed by atoms with E-state index in [-0.39, 0.29) is 19.0 Å². The lowest BCUT2D eigenvalue weighted by Gasteiger charge is -2.39. The van der Waals surface area contributed by atoms with Crippen LogP contribution in [0.4, 0.5) is 0 Å². The number of H-pyrrole nitrogens is 2. The normalized spacial score (nSPS) is 23.6. The highest BCUT2D eigenvalue weighted by Crippen LogP contribution is 2.37. The van der Waals surface area contributed by atoms with Crippen molar-refractivity contribution in [1.29, 1.82) is 0 Å². The number of aromatic nitrogens is 3. The topological polar surface area (TPSA) is 147 Å². The summed E-state index contributed by atoms with van der Waals surface area (Å²) in [6, 6.07) is 0. The molecule has 0 bridgehead atoms. The quantitative estimate of drug-likeness (QED) is 0.515. The average Bonchev–Trinajstić information content (AvgIpc) is 2.50. The van der Waals surface area contributed by atoms with Gasteiger partial charge in [0.15, 0.2) is 0 Å². The molecule has 23 heavy (non-hydrogen) atoms. The number of rotatable bonds is 5. The summed E-state index contributed by atoms with van der Waals surface area (Å²) in [7, 11) is 0. The largest absolute Gasteiger partial charge is 0.334 e. The summed E-state index contributed by atoms with van der Waals surface area (Å²) in [6.07, 6.45) is 5.02. The third kappa shape index (κ3) is 3.50. The van der Waals surface area contributed by atoms with E-state index in [4.69, 9.17) is 0 Å². The van der Waals surface area contributed by atoms with Crippen molar-refractivity contribution in [3.05, 3.63) is 31.5 Å². The molecule has 1 heterocycles. The number of aromatic amines is 2. The van der Waals surface area contributed by atoms with Crippen molar-refractivity contribution in [2.24, 2.45) is 15.9 Å². The third-order valence-electron chi connectivity index (χ3n) is 4.10. The molecular weight excluding hydrogens is 306 g/mol.